The second-order valence-corrected chi connectivity index (χ2v) is 7.82. The molecule has 1 aromatic rings. The number of nitrogens with zero attached hydrogens (tertiary/aromatic N) is 1. The van der Waals surface area contributed by atoms with Crippen LogP contribution in [-0.4, -0.2) is 41.7 Å². The lowest BCUT2D eigenvalue weighted by molar-refractivity contribution is -0.148. The van der Waals surface area contributed by atoms with Crippen molar-refractivity contribution in [3.63, 3.8) is 0 Å². The highest BCUT2D eigenvalue weighted by Crippen LogP contribution is 2.37. The molecule has 0 aromatic heterocycles. The number of likely N-dealkylation sites (tertiary alicyclic amines) is 1. The zero-order chi connectivity index (χ0) is 20.3. The Morgan fingerprint density at radius 1 is 1.04 bits per heavy atom. The Balaban J connectivity index is 1.43. The van der Waals surface area contributed by atoms with Crippen LogP contribution in [0.4, 0.5) is 5.69 Å². The van der Waals surface area contributed by atoms with E-state index in [2.05, 4.69) is 5.32 Å². The van der Waals surface area contributed by atoms with Gasteiger partial charge in [-0.3, -0.25) is 24.1 Å². The first-order chi connectivity index (χ1) is 13.3. The molecule has 9 heteroatoms. The zero-order valence-electron chi connectivity index (χ0n) is 15.1. The largest absolute Gasteiger partial charge is 0.456 e. The van der Waals surface area contributed by atoms with E-state index in [4.69, 9.17) is 27.9 Å². The first kappa shape index (κ1) is 20.6. The lowest BCUT2D eigenvalue weighted by atomic mass is 9.81. The Hall–Kier alpha value is -2.12. The minimum absolute atomic E-state index is 0.0188. The van der Waals surface area contributed by atoms with Crippen LogP contribution < -0.4 is 5.32 Å². The van der Waals surface area contributed by atoms with Crippen molar-refractivity contribution in [3.8, 4) is 0 Å². The molecule has 3 amide bonds. The van der Waals surface area contributed by atoms with E-state index in [-0.39, 0.29) is 36.6 Å². The van der Waals surface area contributed by atoms with Gasteiger partial charge in [-0.25, -0.2) is 0 Å². The molecule has 1 aliphatic heterocycles. The number of benzene rings is 1. The number of carbonyl (C=O) groups is 4. The summed E-state index contributed by atoms with van der Waals surface area (Å²) in [6.07, 6.45) is 3.20. The first-order valence-electron chi connectivity index (χ1n) is 9.12. The van der Waals surface area contributed by atoms with Crippen LogP contribution in [0.2, 0.25) is 10.0 Å². The van der Waals surface area contributed by atoms with Gasteiger partial charge in [0.1, 0.15) is 0 Å². The summed E-state index contributed by atoms with van der Waals surface area (Å²) in [4.78, 5) is 49.7. The standard InChI is InChI=1S/C19H20Cl2N2O5/c20-11-7-12(21)9-13(8-11)22-16(24)10-28-17(25)5-6-23-18(26)14-3-1-2-4-15(14)19(23)27/h7-9,14-15H,1-6,10H2,(H,22,24)/t14-,15-/m1/s1. The Bertz CT molecular complexity index is 769. The fraction of sp³-hybridized carbons (Fsp3) is 0.474. The highest BCUT2D eigenvalue weighted by atomic mass is 35.5. The molecule has 1 saturated carbocycles. The van der Waals surface area contributed by atoms with Gasteiger partial charge in [-0.1, -0.05) is 36.0 Å². The van der Waals surface area contributed by atoms with Gasteiger partial charge in [-0.05, 0) is 31.0 Å². The third-order valence-electron chi connectivity index (χ3n) is 4.98. The van der Waals surface area contributed by atoms with E-state index in [1.165, 1.54) is 18.2 Å². The zero-order valence-corrected chi connectivity index (χ0v) is 16.6. The number of anilines is 1. The van der Waals surface area contributed by atoms with Gasteiger partial charge in [0.25, 0.3) is 5.91 Å². The molecule has 2 fully saturated rings. The average molecular weight is 427 g/mol. The second-order valence-electron chi connectivity index (χ2n) is 6.94. The number of hydrogen-bond acceptors (Lipinski definition) is 5. The Morgan fingerprint density at radius 3 is 2.18 bits per heavy atom. The number of nitrogens with one attached hydrogen (secondary N) is 1. The maximum absolute atomic E-state index is 12.4. The normalized spacial score (nSPS) is 21.4. The summed E-state index contributed by atoms with van der Waals surface area (Å²) in [5.74, 6) is -2.09. The van der Waals surface area contributed by atoms with Crippen LogP contribution >= 0.6 is 23.2 Å². The van der Waals surface area contributed by atoms with Crippen LogP contribution in [0.5, 0.6) is 0 Å². The van der Waals surface area contributed by atoms with Crippen molar-refractivity contribution in [2.75, 3.05) is 18.5 Å². The summed E-state index contributed by atoms with van der Waals surface area (Å²) in [6.45, 7) is -0.509. The van der Waals surface area contributed by atoms with Crippen molar-refractivity contribution >= 4 is 52.6 Å². The van der Waals surface area contributed by atoms with Crippen molar-refractivity contribution in [1.29, 1.82) is 0 Å². The number of esters is 1. The maximum Gasteiger partial charge on any atom is 0.308 e. The van der Waals surface area contributed by atoms with E-state index >= 15 is 0 Å². The molecule has 7 nitrogen and oxygen atoms in total. The van der Waals surface area contributed by atoms with Crippen molar-refractivity contribution in [3.05, 3.63) is 28.2 Å². The van der Waals surface area contributed by atoms with E-state index in [1.807, 2.05) is 0 Å². The van der Waals surface area contributed by atoms with Crippen LogP contribution in [0.1, 0.15) is 32.1 Å². The lowest BCUT2D eigenvalue weighted by Gasteiger charge is -2.19. The van der Waals surface area contributed by atoms with Gasteiger partial charge in [0, 0.05) is 22.3 Å². The smallest absolute Gasteiger partial charge is 0.308 e. The van der Waals surface area contributed by atoms with Crippen molar-refractivity contribution in [2.45, 2.75) is 32.1 Å². The molecule has 28 heavy (non-hydrogen) atoms. The summed E-state index contributed by atoms with van der Waals surface area (Å²) in [5, 5.41) is 3.24. The van der Waals surface area contributed by atoms with E-state index < -0.39 is 18.5 Å². The quantitative estimate of drug-likeness (QED) is 0.557. The summed E-state index contributed by atoms with van der Waals surface area (Å²) >= 11 is 11.7. The predicted octanol–water partition coefficient (Wildman–Crippen LogP) is 3.04. The number of carbonyl (C=O) groups excluding carboxylic acids is 4. The first-order valence-corrected chi connectivity index (χ1v) is 9.87. The van der Waals surface area contributed by atoms with Crippen molar-refractivity contribution in [1.82, 2.24) is 4.90 Å². The Morgan fingerprint density at radius 2 is 1.61 bits per heavy atom. The van der Waals surface area contributed by atoms with Gasteiger partial charge < -0.3 is 10.1 Å². The second kappa shape index (κ2) is 8.92. The Labute approximate surface area is 172 Å². The molecule has 1 N–H and O–H groups in total. The molecule has 0 bridgehead atoms. The molecular weight excluding hydrogens is 407 g/mol. The SMILES string of the molecule is O=C(COC(=O)CCN1C(=O)[C@@H]2CCCC[C@H]2C1=O)Nc1cc(Cl)cc(Cl)c1. The minimum Gasteiger partial charge on any atom is -0.456 e. The highest BCUT2D eigenvalue weighted by molar-refractivity contribution is 6.35. The number of hydrogen-bond donors (Lipinski definition) is 1. The molecule has 3 rings (SSSR count). The van der Waals surface area contributed by atoms with E-state index in [0.717, 1.165) is 30.6 Å². The van der Waals surface area contributed by atoms with E-state index in [1.54, 1.807) is 0 Å². The maximum atomic E-state index is 12.4. The van der Waals surface area contributed by atoms with Crippen molar-refractivity contribution < 1.29 is 23.9 Å². The average Bonchev–Trinajstić information content (AvgIpc) is 2.88. The molecule has 150 valence electrons. The molecular formula is C19H20Cl2N2O5. The molecule has 1 aromatic carbocycles. The van der Waals surface area contributed by atoms with E-state index in [9.17, 15) is 19.2 Å². The molecule has 0 radical (unpaired) electrons. The number of amides is 3. The fourth-order valence-corrected chi connectivity index (χ4v) is 4.22. The molecule has 2 atom stereocenters. The van der Waals surface area contributed by atoms with Gasteiger partial charge in [-0.2, -0.15) is 0 Å². The van der Waals surface area contributed by atoms with E-state index in [0.29, 0.717) is 15.7 Å². The summed E-state index contributed by atoms with van der Waals surface area (Å²) in [7, 11) is 0. The summed E-state index contributed by atoms with van der Waals surface area (Å²) < 4.78 is 4.92. The third kappa shape index (κ3) is 4.83. The lowest BCUT2D eigenvalue weighted by Crippen LogP contribution is -2.33. The predicted molar refractivity (Wildman–Crippen MR) is 103 cm³/mol. The fourth-order valence-electron chi connectivity index (χ4n) is 3.70. The van der Waals surface area contributed by atoms with Crippen LogP contribution in [0.15, 0.2) is 18.2 Å². The molecule has 0 unspecified atom stereocenters. The van der Waals surface area contributed by atoms with Crippen LogP contribution in [0.25, 0.3) is 0 Å². The highest BCUT2D eigenvalue weighted by Gasteiger charge is 2.47. The summed E-state index contributed by atoms with van der Waals surface area (Å²) in [5.41, 5.74) is 0.384. The number of ether oxygens (including phenoxy) is 1. The van der Waals surface area contributed by atoms with Gasteiger partial charge in [0.2, 0.25) is 11.8 Å². The van der Waals surface area contributed by atoms with Gasteiger partial charge in [-0.15, -0.1) is 0 Å². The molecule has 1 heterocycles. The number of imide groups is 1. The Kier molecular flexibility index (Phi) is 6.57. The monoisotopic (exact) mass is 426 g/mol. The van der Waals surface area contributed by atoms with Crippen LogP contribution in [0.3, 0.4) is 0 Å². The van der Waals surface area contributed by atoms with Crippen LogP contribution in [0, 0.1) is 11.8 Å². The molecule has 1 aliphatic carbocycles. The van der Waals surface area contributed by atoms with Gasteiger partial charge in [0.05, 0.1) is 18.3 Å². The van der Waals surface area contributed by atoms with Crippen LogP contribution in [-0.2, 0) is 23.9 Å². The van der Waals surface area contributed by atoms with Gasteiger partial charge >= 0.3 is 5.97 Å². The third-order valence-corrected chi connectivity index (χ3v) is 5.42. The molecule has 1 saturated heterocycles. The molecule has 2 aliphatic rings. The topological polar surface area (TPSA) is 92.8 Å². The number of fused-ring (bicyclic) bond motifs is 1. The number of halogens is 2. The molecule has 0 spiro atoms. The minimum atomic E-state index is -0.658. The summed E-state index contributed by atoms with van der Waals surface area (Å²) in [6, 6.07) is 4.55. The van der Waals surface area contributed by atoms with Crippen molar-refractivity contribution in [2.24, 2.45) is 11.8 Å². The number of rotatable bonds is 6. The van der Waals surface area contributed by atoms with Gasteiger partial charge in [0.15, 0.2) is 6.61 Å².